The van der Waals surface area contributed by atoms with Gasteiger partial charge in [-0.2, -0.15) is 0 Å². The molecule has 4 nitrogen and oxygen atoms in total. The van der Waals surface area contributed by atoms with Gasteiger partial charge < -0.3 is 5.73 Å². The van der Waals surface area contributed by atoms with Crippen molar-refractivity contribution in [2.75, 3.05) is 10.5 Å². The number of anilines is 2. The molecule has 3 N–H and O–H groups in total. The van der Waals surface area contributed by atoms with Gasteiger partial charge in [0.25, 0.3) is 10.0 Å². The number of nitrogen functional groups attached to an aromatic ring is 1. The summed E-state index contributed by atoms with van der Waals surface area (Å²) in [5, 5.41) is 0.542. The molecular formula is C12H9BrClIN2O2S. The summed E-state index contributed by atoms with van der Waals surface area (Å²) in [5.41, 5.74) is 6.38. The van der Waals surface area contributed by atoms with Crippen LogP contribution in [-0.4, -0.2) is 8.42 Å². The first kappa shape index (κ1) is 15.9. The Morgan fingerprint density at radius 2 is 1.90 bits per heavy atom. The van der Waals surface area contributed by atoms with Crippen molar-refractivity contribution in [2.24, 2.45) is 0 Å². The predicted molar refractivity (Wildman–Crippen MR) is 93.5 cm³/mol. The molecule has 2 rings (SSSR count). The molecule has 8 heteroatoms. The minimum Gasteiger partial charge on any atom is -0.398 e. The molecule has 0 aliphatic heterocycles. The number of sulfonamides is 1. The number of nitrogens with two attached hydrogens (primary N) is 1. The number of halogens is 3. The average Bonchev–Trinajstić information content (AvgIpc) is 2.32. The summed E-state index contributed by atoms with van der Waals surface area (Å²) >= 11 is 11.1. The van der Waals surface area contributed by atoms with Gasteiger partial charge in [0.15, 0.2) is 0 Å². The summed E-state index contributed by atoms with van der Waals surface area (Å²) in [6.45, 7) is 0. The molecule has 0 fully saturated rings. The van der Waals surface area contributed by atoms with Crippen LogP contribution < -0.4 is 10.5 Å². The lowest BCUT2D eigenvalue weighted by atomic mass is 10.3. The largest absolute Gasteiger partial charge is 0.398 e. The van der Waals surface area contributed by atoms with Gasteiger partial charge in [-0.15, -0.1) is 0 Å². The van der Waals surface area contributed by atoms with Gasteiger partial charge in [0, 0.05) is 13.1 Å². The number of hydrogen-bond donors (Lipinski definition) is 2. The summed E-state index contributed by atoms with van der Waals surface area (Å²) in [5.74, 6) is 0. The van der Waals surface area contributed by atoms with E-state index in [9.17, 15) is 8.42 Å². The van der Waals surface area contributed by atoms with Crippen LogP contribution in [0.4, 0.5) is 11.4 Å². The SMILES string of the molecule is Nc1cc(Br)ccc1S(=O)(=O)Nc1ccc(Cl)cc1I. The van der Waals surface area contributed by atoms with Gasteiger partial charge in [0.05, 0.1) is 11.4 Å². The van der Waals surface area contributed by atoms with E-state index in [1.165, 1.54) is 6.07 Å². The number of rotatable bonds is 3. The molecule has 0 aliphatic rings. The molecule has 106 valence electrons. The van der Waals surface area contributed by atoms with Crippen LogP contribution in [-0.2, 0) is 10.0 Å². The van der Waals surface area contributed by atoms with E-state index < -0.39 is 10.0 Å². The lowest BCUT2D eigenvalue weighted by molar-refractivity contribution is 0.601. The molecule has 2 aromatic rings. The zero-order chi connectivity index (χ0) is 14.9. The highest BCUT2D eigenvalue weighted by molar-refractivity contribution is 14.1. The fraction of sp³-hybridized carbons (Fsp3) is 0. The highest BCUT2D eigenvalue weighted by Gasteiger charge is 2.18. The highest BCUT2D eigenvalue weighted by atomic mass is 127. The van der Waals surface area contributed by atoms with Crippen LogP contribution in [0.1, 0.15) is 0 Å². The normalized spacial score (nSPS) is 11.3. The summed E-state index contributed by atoms with van der Waals surface area (Å²) in [6, 6.07) is 9.51. The zero-order valence-electron chi connectivity index (χ0n) is 9.90. The molecule has 0 saturated heterocycles. The standard InChI is InChI=1S/C12H9BrClIN2O2S/c13-7-1-4-12(10(16)5-7)20(18,19)17-11-3-2-8(14)6-9(11)15/h1-6,17H,16H2. The van der Waals surface area contributed by atoms with Crippen molar-refractivity contribution in [1.82, 2.24) is 0 Å². The smallest absolute Gasteiger partial charge is 0.263 e. The Hall–Kier alpha value is -0.510. The Morgan fingerprint density at radius 1 is 1.20 bits per heavy atom. The molecule has 0 atom stereocenters. The van der Waals surface area contributed by atoms with Crippen LogP contribution >= 0.6 is 50.1 Å². The third-order valence-corrected chi connectivity index (χ3v) is 5.50. The van der Waals surface area contributed by atoms with Gasteiger partial charge in [-0.1, -0.05) is 27.5 Å². The second-order valence-corrected chi connectivity index (χ2v) is 8.08. The minimum atomic E-state index is -3.74. The third kappa shape index (κ3) is 3.57. The molecule has 0 heterocycles. The van der Waals surface area contributed by atoms with Crippen LogP contribution in [0.2, 0.25) is 5.02 Å². The average molecular weight is 488 g/mol. The molecule has 0 aromatic heterocycles. The Labute approximate surface area is 144 Å². The quantitative estimate of drug-likeness (QED) is 0.506. The first-order valence-electron chi connectivity index (χ1n) is 5.32. The second-order valence-electron chi connectivity index (χ2n) is 3.91. The molecular weight excluding hydrogens is 478 g/mol. The van der Waals surface area contributed by atoms with Gasteiger partial charge in [-0.05, 0) is 59.0 Å². The van der Waals surface area contributed by atoms with Crippen LogP contribution in [0.3, 0.4) is 0 Å². The maximum atomic E-state index is 12.3. The summed E-state index contributed by atoms with van der Waals surface area (Å²) in [4.78, 5) is 0.0338. The summed E-state index contributed by atoms with van der Waals surface area (Å²) in [6.07, 6.45) is 0. The lowest BCUT2D eigenvalue weighted by Gasteiger charge is -2.12. The first-order chi connectivity index (χ1) is 9.29. The van der Waals surface area contributed by atoms with E-state index in [0.717, 1.165) is 4.47 Å². The molecule has 0 amide bonds. The van der Waals surface area contributed by atoms with Gasteiger partial charge >= 0.3 is 0 Å². The van der Waals surface area contributed by atoms with E-state index in [1.807, 2.05) is 22.6 Å². The third-order valence-electron chi connectivity index (χ3n) is 2.44. The van der Waals surface area contributed by atoms with E-state index in [2.05, 4.69) is 20.7 Å². The first-order valence-corrected chi connectivity index (χ1v) is 9.06. The molecule has 0 aliphatic carbocycles. The van der Waals surface area contributed by atoms with Crippen molar-refractivity contribution >= 4 is 71.5 Å². The molecule has 0 radical (unpaired) electrons. The van der Waals surface area contributed by atoms with E-state index >= 15 is 0 Å². The van der Waals surface area contributed by atoms with Gasteiger partial charge in [-0.3, -0.25) is 4.72 Å². The fourth-order valence-corrected chi connectivity index (χ4v) is 4.30. The minimum absolute atomic E-state index is 0.0338. The topological polar surface area (TPSA) is 72.2 Å². The van der Waals surface area contributed by atoms with E-state index in [4.69, 9.17) is 17.3 Å². The molecule has 0 spiro atoms. The van der Waals surface area contributed by atoms with Crippen molar-refractivity contribution in [1.29, 1.82) is 0 Å². The molecule has 2 aromatic carbocycles. The van der Waals surface area contributed by atoms with Crippen molar-refractivity contribution in [3.63, 3.8) is 0 Å². The summed E-state index contributed by atoms with van der Waals surface area (Å²) < 4.78 is 28.6. The maximum absolute atomic E-state index is 12.3. The van der Waals surface area contributed by atoms with Crippen molar-refractivity contribution in [3.05, 3.63) is 49.5 Å². The zero-order valence-corrected chi connectivity index (χ0v) is 15.2. The number of nitrogens with one attached hydrogen (secondary N) is 1. The Morgan fingerprint density at radius 3 is 2.50 bits per heavy atom. The van der Waals surface area contributed by atoms with E-state index in [-0.39, 0.29) is 10.6 Å². The Bertz CT molecular complexity index is 768. The monoisotopic (exact) mass is 486 g/mol. The van der Waals surface area contributed by atoms with E-state index in [0.29, 0.717) is 14.3 Å². The van der Waals surface area contributed by atoms with E-state index in [1.54, 1.807) is 30.3 Å². The molecule has 0 saturated carbocycles. The lowest BCUT2D eigenvalue weighted by Crippen LogP contribution is -2.15. The highest BCUT2D eigenvalue weighted by Crippen LogP contribution is 2.28. The molecule has 0 unspecified atom stereocenters. The Kier molecular flexibility index (Phi) is 4.83. The van der Waals surface area contributed by atoms with Crippen LogP contribution in [0.15, 0.2) is 45.8 Å². The molecule has 20 heavy (non-hydrogen) atoms. The number of benzene rings is 2. The maximum Gasteiger partial charge on any atom is 0.263 e. The predicted octanol–water partition coefficient (Wildman–Crippen LogP) is 4.09. The summed E-state index contributed by atoms with van der Waals surface area (Å²) in [7, 11) is -3.74. The fourth-order valence-electron chi connectivity index (χ4n) is 1.54. The van der Waals surface area contributed by atoms with Gasteiger partial charge in [0.1, 0.15) is 4.90 Å². The van der Waals surface area contributed by atoms with Crippen LogP contribution in [0, 0.1) is 3.57 Å². The number of hydrogen-bond acceptors (Lipinski definition) is 3. The van der Waals surface area contributed by atoms with Crippen LogP contribution in [0.25, 0.3) is 0 Å². The van der Waals surface area contributed by atoms with Crippen molar-refractivity contribution in [2.45, 2.75) is 4.90 Å². The van der Waals surface area contributed by atoms with Crippen LogP contribution in [0.5, 0.6) is 0 Å². The van der Waals surface area contributed by atoms with Gasteiger partial charge in [-0.25, -0.2) is 8.42 Å². The van der Waals surface area contributed by atoms with Crippen molar-refractivity contribution < 1.29 is 8.42 Å². The second kappa shape index (κ2) is 6.08. The molecule has 0 bridgehead atoms. The Balaban J connectivity index is 2.41. The van der Waals surface area contributed by atoms with Crippen molar-refractivity contribution in [3.8, 4) is 0 Å². The van der Waals surface area contributed by atoms with Gasteiger partial charge in [0.2, 0.25) is 0 Å².